The Hall–Kier alpha value is -3.04. The van der Waals surface area contributed by atoms with Crippen LogP contribution in [0.4, 0.5) is 26.3 Å². The van der Waals surface area contributed by atoms with Crippen LogP contribution >= 0.6 is 11.6 Å². The summed E-state index contributed by atoms with van der Waals surface area (Å²) >= 11 is 6.25. The highest BCUT2D eigenvalue weighted by molar-refractivity contribution is 6.31. The highest BCUT2D eigenvalue weighted by Crippen LogP contribution is 2.37. The lowest BCUT2D eigenvalue weighted by atomic mass is 9.91. The average Bonchev–Trinajstić information content (AvgIpc) is 2.87. The zero-order chi connectivity index (χ0) is 27.5. The van der Waals surface area contributed by atoms with Gasteiger partial charge in [0.1, 0.15) is 0 Å². The van der Waals surface area contributed by atoms with Gasteiger partial charge in [-0.2, -0.15) is 26.3 Å². The Morgan fingerprint density at radius 3 is 2.11 bits per heavy atom. The molecule has 0 bridgehead atoms. The summed E-state index contributed by atoms with van der Waals surface area (Å²) in [6.45, 7) is 0.660. The van der Waals surface area contributed by atoms with Crippen LogP contribution in [0.1, 0.15) is 45.5 Å². The fraction of sp³-hybridized carbons (Fsp3) is 0.321. The zero-order valence-electron chi connectivity index (χ0n) is 20.1. The van der Waals surface area contributed by atoms with E-state index in [1.807, 2.05) is 48.5 Å². The Bertz CT molecular complexity index is 1230. The van der Waals surface area contributed by atoms with Crippen molar-refractivity contribution in [3.05, 3.63) is 106 Å². The molecule has 0 radical (unpaired) electrons. The number of hydrogen-bond acceptors (Lipinski definition) is 2. The van der Waals surface area contributed by atoms with Crippen molar-refractivity contribution in [3.8, 4) is 0 Å². The Morgan fingerprint density at radius 2 is 1.50 bits per heavy atom. The molecule has 1 aliphatic rings. The second kappa shape index (κ2) is 11.4. The van der Waals surface area contributed by atoms with Gasteiger partial charge < -0.3 is 10.2 Å². The van der Waals surface area contributed by atoms with Crippen LogP contribution in [0.2, 0.25) is 5.02 Å². The number of rotatable bonds is 6. The third-order valence-corrected chi connectivity index (χ3v) is 7.03. The normalized spacial score (nSPS) is 18.4. The molecule has 3 aromatic carbocycles. The second-order valence-corrected chi connectivity index (χ2v) is 9.74. The van der Waals surface area contributed by atoms with Gasteiger partial charge in [0.25, 0.3) is 5.91 Å². The van der Waals surface area contributed by atoms with E-state index in [2.05, 4.69) is 5.32 Å². The Labute approximate surface area is 221 Å². The SMILES string of the molecule is O=C(c1cc(C(F)(F)F)cc(C(F)(F)F)c1)N1CC[C@H](NCc2ccccc2Cl)C[C@@H]1Cc1ccccc1. The number of hydrogen-bond donors (Lipinski definition) is 1. The van der Waals surface area contributed by atoms with Gasteiger partial charge in [-0.1, -0.05) is 60.1 Å². The van der Waals surface area contributed by atoms with Crippen LogP contribution in [0.3, 0.4) is 0 Å². The number of benzene rings is 3. The molecule has 1 saturated heterocycles. The Kier molecular flexibility index (Phi) is 8.37. The summed E-state index contributed by atoms with van der Waals surface area (Å²) in [5, 5.41) is 4.04. The van der Waals surface area contributed by atoms with E-state index in [1.165, 1.54) is 4.90 Å². The maximum Gasteiger partial charge on any atom is 0.416 e. The number of nitrogens with zero attached hydrogens (tertiary/aromatic N) is 1. The number of nitrogens with one attached hydrogen (secondary N) is 1. The Balaban J connectivity index is 1.60. The van der Waals surface area contributed by atoms with Gasteiger partial charge in [0.15, 0.2) is 0 Å². The predicted octanol–water partition coefficient (Wildman–Crippen LogP) is 7.38. The third kappa shape index (κ3) is 6.88. The maximum atomic E-state index is 13.4. The zero-order valence-corrected chi connectivity index (χ0v) is 20.9. The monoisotopic (exact) mass is 554 g/mol. The molecular weight excluding hydrogens is 530 g/mol. The van der Waals surface area contributed by atoms with Crippen molar-refractivity contribution < 1.29 is 31.1 Å². The van der Waals surface area contributed by atoms with Crippen molar-refractivity contribution in [1.29, 1.82) is 0 Å². The summed E-state index contributed by atoms with van der Waals surface area (Å²) in [4.78, 5) is 14.8. The van der Waals surface area contributed by atoms with Crippen molar-refractivity contribution in [3.63, 3.8) is 0 Å². The minimum absolute atomic E-state index is 0.0309. The molecular formula is C28H25ClF6N2O. The topological polar surface area (TPSA) is 32.3 Å². The average molecular weight is 555 g/mol. The first kappa shape index (κ1) is 28.0. The predicted molar refractivity (Wildman–Crippen MR) is 133 cm³/mol. The molecule has 0 aromatic heterocycles. The van der Waals surface area contributed by atoms with Crippen LogP contribution in [0.5, 0.6) is 0 Å². The van der Waals surface area contributed by atoms with E-state index < -0.39 is 41.0 Å². The van der Waals surface area contributed by atoms with E-state index in [4.69, 9.17) is 11.6 Å². The van der Waals surface area contributed by atoms with E-state index in [0.717, 1.165) is 11.1 Å². The number of amides is 1. The molecule has 3 nitrogen and oxygen atoms in total. The first-order valence-corrected chi connectivity index (χ1v) is 12.4. The smallest absolute Gasteiger partial charge is 0.335 e. The fourth-order valence-electron chi connectivity index (χ4n) is 4.72. The molecule has 0 saturated carbocycles. The van der Waals surface area contributed by atoms with Crippen molar-refractivity contribution >= 4 is 17.5 Å². The molecule has 2 atom stereocenters. The molecule has 0 aliphatic carbocycles. The fourth-order valence-corrected chi connectivity index (χ4v) is 4.93. The maximum absolute atomic E-state index is 13.4. The lowest BCUT2D eigenvalue weighted by Gasteiger charge is -2.40. The van der Waals surface area contributed by atoms with E-state index in [1.54, 1.807) is 6.07 Å². The van der Waals surface area contributed by atoms with Crippen LogP contribution in [0.25, 0.3) is 0 Å². The Morgan fingerprint density at radius 1 is 0.895 bits per heavy atom. The van der Waals surface area contributed by atoms with Crippen LogP contribution < -0.4 is 5.32 Å². The molecule has 1 fully saturated rings. The molecule has 1 amide bonds. The van der Waals surface area contributed by atoms with E-state index in [-0.39, 0.29) is 18.7 Å². The molecule has 3 aromatic rings. The summed E-state index contributed by atoms with van der Waals surface area (Å²) in [5.41, 5.74) is -1.84. The molecule has 1 heterocycles. The lowest BCUT2D eigenvalue weighted by Crippen LogP contribution is -2.51. The molecule has 1 aliphatic heterocycles. The number of alkyl halides is 6. The van der Waals surface area contributed by atoms with Crippen LogP contribution in [-0.4, -0.2) is 29.4 Å². The van der Waals surface area contributed by atoms with E-state index in [9.17, 15) is 31.1 Å². The van der Waals surface area contributed by atoms with E-state index in [0.29, 0.717) is 43.0 Å². The van der Waals surface area contributed by atoms with Gasteiger partial charge in [0.05, 0.1) is 11.1 Å². The highest BCUT2D eigenvalue weighted by atomic mass is 35.5. The van der Waals surface area contributed by atoms with Crippen molar-refractivity contribution in [2.45, 2.75) is 50.2 Å². The minimum atomic E-state index is -5.03. The molecule has 4 rings (SSSR count). The standard InChI is InChI=1S/C28H25ClF6N2O/c29-25-9-5-4-8-19(25)17-36-23-10-11-37(24(16-23)12-18-6-2-1-3-7-18)26(38)20-13-21(27(30,31)32)15-22(14-20)28(33,34)35/h1-9,13-15,23-24,36H,10-12,16-17H2/t23-,24-/m0/s1. The van der Waals surface area contributed by atoms with E-state index >= 15 is 0 Å². The molecule has 0 unspecified atom stereocenters. The number of piperidine rings is 1. The minimum Gasteiger partial charge on any atom is -0.335 e. The van der Waals surface area contributed by atoms with Crippen molar-refractivity contribution in [2.24, 2.45) is 0 Å². The van der Waals surface area contributed by atoms with Gasteiger partial charge in [-0.25, -0.2) is 0 Å². The summed E-state index contributed by atoms with van der Waals surface area (Å²) in [6, 6.07) is 17.2. The van der Waals surface area contributed by atoms with Gasteiger partial charge in [-0.05, 0) is 54.7 Å². The number of carbonyl (C=O) groups excluding carboxylic acids is 1. The van der Waals surface area contributed by atoms with Crippen LogP contribution in [0.15, 0.2) is 72.8 Å². The van der Waals surface area contributed by atoms with Gasteiger partial charge in [0, 0.05) is 35.8 Å². The quantitative estimate of drug-likeness (QED) is 0.322. The largest absolute Gasteiger partial charge is 0.416 e. The van der Waals surface area contributed by atoms with Gasteiger partial charge in [-0.3, -0.25) is 4.79 Å². The first-order valence-electron chi connectivity index (χ1n) is 12.0. The second-order valence-electron chi connectivity index (χ2n) is 9.33. The summed E-state index contributed by atoms with van der Waals surface area (Å²) in [6.07, 6.45) is -8.71. The number of likely N-dealkylation sites (tertiary alicyclic amines) is 1. The lowest BCUT2D eigenvalue weighted by molar-refractivity contribution is -0.143. The van der Waals surface area contributed by atoms with Crippen molar-refractivity contribution in [1.82, 2.24) is 10.2 Å². The van der Waals surface area contributed by atoms with Crippen molar-refractivity contribution in [2.75, 3.05) is 6.54 Å². The summed E-state index contributed by atoms with van der Waals surface area (Å²) in [7, 11) is 0. The summed E-state index contributed by atoms with van der Waals surface area (Å²) in [5.74, 6) is -0.855. The van der Waals surface area contributed by atoms with Crippen LogP contribution in [-0.2, 0) is 25.3 Å². The molecule has 10 heteroatoms. The summed E-state index contributed by atoms with van der Waals surface area (Å²) < 4.78 is 80.4. The molecule has 202 valence electrons. The highest BCUT2D eigenvalue weighted by Gasteiger charge is 2.39. The number of carbonyl (C=O) groups is 1. The molecule has 0 spiro atoms. The first-order chi connectivity index (χ1) is 17.9. The van der Waals surface area contributed by atoms with Gasteiger partial charge >= 0.3 is 12.4 Å². The molecule has 1 N–H and O–H groups in total. The van der Waals surface area contributed by atoms with Crippen LogP contribution in [0, 0.1) is 0 Å². The van der Waals surface area contributed by atoms with Gasteiger partial charge in [0.2, 0.25) is 0 Å². The molecule has 38 heavy (non-hydrogen) atoms. The third-order valence-electron chi connectivity index (χ3n) is 6.66. The van der Waals surface area contributed by atoms with Gasteiger partial charge in [-0.15, -0.1) is 0 Å². The number of halogens is 7.